The number of allylic oxidation sites excluding steroid dienone is 2. The molecule has 1 unspecified atom stereocenters. The van der Waals surface area contributed by atoms with Crippen LogP contribution in [0.25, 0.3) is 56.9 Å². The van der Waals surface area contributed by atoms with Crippen LogP contribution in [-0.4, -0.2) is 14.4 Å². The number of fused-ring (bicyclic) bond motifs is 5. The van der Waals surface area contributed by atoms with Gasteiger partial charge in [0.25, 0.3) is 0 Å². The van der Waals surface area contributed by atoms with Gasteiger partial charge in [-0.25, -0.2) is 9.97 Å². The Morgan fingerprint density at radius 2 is 1.16 bits per heavy atom. The lowest BCUT2D eigenvalue weighted by molar-refractivity contribution is 0.586. The largest absolute Gasteiger partial charge is 0.313 e. The molecule has 0 spiro atoms. The average molecular weight is 676 g/mol. The third-order valence-corrected chi connectivity index (χ3v) is 12.8. The first-order valence-corrected chi connectivity index (χ1v) is 19.2. The van der Waals surface area contributed by atoms with Gasteiger partial charge in [-0.15, -0.1) is 0 Å². The van der Waals surface area contributed by atoms with Crippen LogP contribution in [-0.2, 0) is 10.7 Å². The van der Waals surface area contributed by atoms with Crippen LogP contribution in [0.4, 0.5) is 0 Å². The second-order valence-corrected chi connectivity index (χ2v) is 15.8. The summed E-state index contributed by atoms with van der Waals surface area (Å²) >= 11 is 0. The molecule has 2 aromatic heterocycles. The Labute approximate surface area is 297 Å². The normalized spacial score (nSPS) is 13.8. The topological polar surface area (TPSA) is 47.3 Å². The van der Waals surface area contributed by atoms with E-state index in [9.17, 15) is 4.57 Å². The molecule has 51 heavy (non-hydrogen) atoms. The van der Waals surface area contributed by atoms with E-state index in [1.807, 2.05) is 66.7 Å². The molecule has 0 amide bonds. The summed E-state index contributed by atoms with van der Waals surface area (Å²) in [5.74, 6) is 0.852. The summed E-state index contributed by atoms with van der Waals surface area (Å²) in [6.07, 6.45) is 7.89. The standard InChI is InChI=1S/C46H34N3OP/c50-51(39-18-8-3-9-19-39,32-33-13-4-1-5-14-33)40-29-27-36(28-30-40)35-23-25-37(26-24-35)45-47-42-21-12-17-38(34-15-6-2-7-16-34)31-41(42)46-48-43-20-10-11-22-44(43)49(45)46/h1-16,18-31H,17,32H2. The smallest absolute Gasteiger partial charge is 0.149 e. The van der Waals surface area contributed by atoms with E-state index in [1.165, 1.54) is 11.1 Å². The fraction of sp³-hybridized carbons (Fsp3) is 0.0435. The lowest BCUT2D eigenvalue weighted by atomic mass is 10.0. The molecule has 1 aliphatic rings. The van der Waals surface area contributed by atoms with Crippen LogP contribution in [0.1, 0.15) is 28.8 Å². The minimum absolute atomic E-state index is 0.482. The van der Waals surface area contributed by atoms with Crippen LogP contribution >= 0.6 is 7.14 Å². The molecule has 1 atom stereocenters. The number of hydrogen-bond donors (Lipinski definition) is 0. The monoisotopic (exact) mass is 675 g/mol. The summed E-state index contributed by atoms with van der Waals surface area (Å²) in [5, 5.41) is 1.73. The van der Waals surface area contributed by atoms with Crippen LogP contribution in [0.2, 0.25) is 0 Å². The van der Waals surface area contributed by atoms with Crippen LogP contribution in [0.15, 0.2) is 170 Å². The van der Waals surface area contributed by atoms with Gasteiger partial charge in [0.1, 0.15) is 18.6 Å². The minimum atomic E-state index is -2.90. The Bertz CT molecular complexity index is 2630. The van der Waals surface area contributed by atoms with Crippen molar-refractivity contribution < 1.29 is 4.57 Å². The van der Waals surface area contributed by atoms with Crippen molar-refractivity contribution in [2.45, 2.75) is 12.6 Å². The zero-order chi connectivity index (χ0) is 34.2. The van der Waals surface area contributed by atoms with Gasteiger partial charge >= 0.3 is 0 Å². The predicted molar refractivity (Wildman–Crippen MR) is 213 cm³/mol. The molecule has 1 aliphatic carbocycles. The highest BCUT2D eigenvalue weighted by Gasteiger charge is 2.28. The Morgan fingerprint density at radius 3 is 1.88 bits per heavy atom. The van der Waals surface area contributed by atoms with Gasteiger partial charge in [-0.2, -0.15) is 0 Å². The first kappa shape index (κ1) is 30.9. The maximum Gasteiger partial charge on any atom is 0.149 e. The van der Waals surface area contributed by atoms with Crippen molar-refractivity contribution in [3.63, 3.8) is 0 Å². The van der Waals surface area contributed by atoms with Gasteiger partial charge in [-0.3, -0.25) is 4.40 Å². The van der Waals surface area contributed by atoms with Crippen molar-refractivity contribution >= 4 is 52.2 Å². The maximum absolute atomic E-state index is 14.8. The maximum atomic E-state index is 14.8. The van der Waals surface area contributed by atoms with E-state index in [1.54, 1.807) is 0 Å². The molecule has 0 N–H and O–H groups in total. The summed E-state index contributed by atoms with van der Waals surface area (Å²) in [6, 6.07) is 55.7. The van der Waals surface area contributed by atoms with E-state index in [-0.39, 0.29) is 0 Å². The molecule has 0 fully saturated rings. The molecule has 5 heteroatoms. The number of benzene rings is 6. The summed E-state index contributed by atoms with van der Waals surface area (Å²) in [6.45, 7) is 0. The van der Waals surface area contributed by atoms with E-state index in [0.717, 1.165) is 73.0 Å². The van der Waals surface area contributed by atoms with E-state index in [2.05, 4.69) is 120 Å². The molecule has 0 saturated heterocycles. The lowest BCUT2D eigenvalue weighted by Crippen LogP contribution is -2.17. The van der Waals surface area contributed by atoms with Crippen LogP contribution in [0.3, 0.4) is 0 Å². The first-order valence-electron chi connectivity index (χ1n) is 17.3. The number of hydrogen-bond acceptors (Lipinski definition) is 3. The van der Waals surface area contributed by atoms with E-state index < -0.39 is 7.14 Å². The molecule has 2 heterocycles. The molecular formula is C46H34N3OP. The fourth-order valence-corrected chi connectivity index (χ4v) is 9.82. The average Bonchev–Trinajstić information content (AvgIpc) is 3.45. The highest BCUT2D eigenvalue weighted by molar-refractivity contribution is 7.78. The van der Waals surface area contributed by atoms with Crippen molar-refractivity contribution in [1.82, 2.24) is 14.4 Å². The lowest BCUT2D eigenvalue weighted by Gasteiger charge is -2.20. The molecule has 0 aliphatic heterocycles. The van der Waals surface area contributed by atoms with Crippen LogP contribution in [0, 0.1) is 0 Å². The van der Waals surface area contributed by atoms with Crippen molar-refractivity contribution in [2.24, 2.45) is 0 Å². The molecule has 8 aromatic rings. The van der Waals surface area contributed by atoms with Gasteiger partial charge in [-0.05, 0) is 58.5 Å². The van der Waals surface area contributed by atoms with Crippen molar-refractivity contribution in [3.05, 3.63) is 192 Å². The summed E-state index contributed by atoms with van der Waals surface area (Å²) in [4.78, 5) is 10.4. The Morgan fingerprint density at radius 1 is 0.569 bits per heavy atom. The van der Waals surface area contributed by atoms with E-state index in [4.69, 9.17) is 9.97 Å². The first-order chi connectivity index (χ1) is 25.1. The van der Waals surface area contributed by atoms with Crippen molar-refractivity contribution in [1.29, 1.82) is 0 Å². The Balaban J connectivity index is 1.10. The Kier molecular flexibility index (Phi) is 7.87. The highest BCUT2D eigenvalue weighted by Crippen LogP contribution is 2.47. The molecular weight excluding hydrogens is 642 g/mol. The quantitative estimate of drug-likeness (QED) is 0.158. The zero-order valence-corrected chi connectivity index (χ0v) is 28.8. The fourth-order valence-electron chi connectivity index (χ4n) is 7.15. The molecule has 0 radical (unpaired) electrons. The molecule has 0 bridgehead atoms. The zero-order valence-electron chi connectivity index (χ0n) is 27.9. The highest BCUT2D eigenvalue weighted by atomic mass is 31.2. The van der Waals surface area contributed by atoms with E-state index in [0.29, 0.717) is 6.16 Å². The third kappa shape index (κ3) is 5.74. The number of imidazole rings is 1. The van der Waals surface area contributed by atoms with E-state index >= 15 is 0 Å². The number of para-hydroxylation sites is 2. The predicted octanol–water partition coefficient (Wildman–Crippen LogP) is 10.7. The van der Waals surface area contributed by atoms with Crippen molar-refractivity contribution in [2.75, 3.05) is 0 Å². The summed E-state index contributed by atoms with van der Waals surface area (Å²) in [7, 11) is -2.90. The van der Waals surface area contributed by atoms with Gasteiger partial charge in [0, 0.05) is 27.9 Å². The second-order valence-electron chi connectivity index (χ2n) is 13.0. The number of aromatic nitrogens is 3. The van der Waals surface area contributed by atoms with Gasteiger partial charge < -0.3 is 4.57 Å². The molecule has 244 valence electrons. The van der Waals surface area contributed by atoms with Crippen LogP contribution in [0.5, 0.6) is 0 Å². The minimum Gasteiger partial charge on any atom is -0.313 e. The summed E-state index contributed by atoms with van der Waals surface area (Å²) < 4.78 is 17.0. The van der Waals surface area contributed by atoms with Crippen molar-refractivity contribution in [3.8, 4) is 22.5 Å². The van der Waals surface area contributed by atoms with Gasteiger partial charge in [0.15, 0.2) is 0 Å². The number of nitrogens with zero attached hydrogens (tertiary/aromatic N) is 3. The second kappa shape index (κ2) is 13.0. The van der Waals surface area contributed by atoms with Gasteiger partial charge in [0.05, 0.1) is 16.7 Å². The van der Waals surface area contributed by atoms with Gasteiger partial charge in [-0.1, -0.05) is 158 Å². The number of rotatable bonds is 7. The third-order valence-electron chi connectivity index (χ3n) is 9.77. The Hall–Kier alpha value is -6.09. The molecule has 0 saturated carbocycles. The SMILES string of the molecule is O=P(Cc1ccccc1)(c1ccccc1)c1ccc(-c2ccc(-c3nc4c(c5nc6ccccc6n35)C=C(c3ccccc3)CC=C4)cc2)cc1. The van der Waals surface area contributed by atoms with Gasteiger partial charge in [0.2, 0.25) is 0 Å². The summed E-state index contributed by atoms with van der Waals surface area (Å²) in [5.41, 5.74) is 11.5. The molecule has 9 rings (SSSR count). The molecule has 6 aromatic carbocycles. The van der Waals surface area contributed by atoms with Crippen LogP contribution < -0.4 is 10.6 Å². The molecule has 4 nitrogen and oxygen atoms in total.